The Morgan fingerprint density at radius 1 is 1.29 bits per heavy atom. The number of thiazole rings is 1. The molecular formula is C29H25ClN6O3S2. The van der Waals surface area contributed by atoms with Gasteiger partial charge in [0.1, 0.15) is 35.4 Å². The molecule has 0 saturated carbocycles. The van der Waals surface area contributed by atoms with Crippen LogP contribution in [0.1, 0.15) is 25.1 Å². The summed E-state index contributed by atoms with van der Waals surface area (Å²) in [6.45, 7) is 12.2. The lowest BCUT2D eigenvalue weighted by Crippen LogP contribution is -2.25. The number of pyridine rings is 1. The lowest BCUT2D eigenvalue weighted by atomic mass is 10.00. The number of hydrogen-bond donors (Lipinski definition) is 2. The van der Waals surface area contributed by atoms with Crippen molar-refractivity contribution in [3.63, 3.8) is 0 Å². The van der Waals surface area contributed by atoms with Gasteiger partial charge in [0.15, 0.2) is 10.9 Å². The second-order valence-electron chi connectivity index (χ2n) is 9.48. The Labute approximate surface area is 251 Å². The van der Waals surface area contributed by atoms with E-state index in [1.54, 1.807) is 30.3 Å². The van der Waals surface area contributed by atoms with E-state index in [-0.39, 0.29) is 23.2 Å². The highest BCUT2D eigenvalue weighted by Gasteiger charge is 2.33. The standard InChI is InChI=1S/C29H25ClN6O3S2/c1-29(2)38-14-22(39-29)13-37-21-9-7-17(8-10-21)24-23(12-31)27(36-26(32)25(24)33-3)40-15-20-16-41-28(35-20)34-19-6-4-5-18(30)11-19/h4-11,16,22H,13-15H2,1-2H3,(H2,32,36)(H,34,35). The monoisotopic (exact) mass is 604 g/mol. The van der Waals surface area contributed by atoms with Crippen LogP contribution in [0, 0.1) is 17.9 Å². The van der Waals surface area contributed by atoms with Crippen molar-refractivity contribution in [1.82, 2.24) is 9.97 Å². The molecule has 2 aromatic heterocycles. The van der Waals surface area contributed by atoms with Crippen LogP contribution in [-0.2, 0) is 15.2 Å². The van der Waals surface area contributed by atoms with E-state index in [1.165, 1.54) is 23.1 Å². The van der Waals surface area contributed by atoms with Crippen molar-refractivity contribution in [3.8, 4) is 22.9 Å². The third kappa shape index (κ3) is 6.91. The molecule has 0 radical (unpaired) electrons. The van der Waals surface area contributed by atoms with Crippen LogP contribution in [0.2, 0.25) is 5.02 Å². The maximum absolute atomic E-state index is 10.1. The Kier molecular flexibility index (Phi) is 8.64. The fourth-order valence-corrected chi connectivity index (χ4v) is 6.10. The molecule has 1 fully saturated rings. The smallest absolute Gasteiger partial charge is 0.236 e. The van der Waals surface area contributed by atoms with Gasteiger partial charge >= 0.3 is 0 Å². The number of benzene rings is 2. The number of halogens is 1. The molecule has 3 N–H and O–H groups in total. The molecule has 4 aromatic rings. The van der Waals surface area contributed by atoms with Gasteiger partial charge in [0, 0.05) is 27.4 Å². The number of rotatable bonds is 9. The number of anilines is 3. The van der Waals surface area contributed by atoms with Crippen molar-refractivity contribution < 1.29 is 14.2 Å². The fourth-order valence-electron chi connectivity index (χ4n) is 4.19. The topological polar surface area (TPSA) is 120 Å². The Morgan fingerprint density at radius 2 is 2.10 bits per heavy atom. The third-order valence-electron chi connectivity index (χ3n) is 6.02. The maximum atomic E-state index is 10.1. The van der Waals surface area contributed by atoms with E-state index in [1.807, 2.05) is 37.4 Å². The number of nitrogens with zero attached hydrogens (tertiary/aromatic N) is 4. The Balaban J connectivity index is 1.32. The van der Waals surface area contributed by atoms with E-state index in [0.29, 0.717) is 45.9 Å². The molecule has 12 heteroatoms. The largest absolute Gasteiger partial charge is 0.491 e. The summed E-state index contributed by atoms with van der Waals surface area (Å²) in [5, 5.41) is 17.1. The van der Waals surface area contributed by atoms with E-state index in [2.05, 4.69) is 26.2 Å². The molecule has 9 nitrogen and oxygen atoms in total. The summed E-state index contributed by atoms with van der Waals surface area (Å²) < 4.78 is 17.2. The van der Waals surface area contributed by atoms with Crippen LogP contribution in [0.5, 0.6) is 5.75 Å². The third-order valence-corrected chi connectivity index (χ3v) is 8.07. The molecule has 0 amide bonds. The summed E-state index contributed by atoms with van der Waals surface area (Å²) in [6.07, 6.45) is -0.162. The second kappa shape index (κ2) is 12.4. The van der Waals surface area contributed by atoms with E-state index < -0.39 is 5.79 Å². The summed E-state index contributed by atoms with van der Waals surface area (Å²) in [6, 6.07) is 16.8. The molecule has 5 rings (SSSR count). The van der Waals surface area contributed by atoms with Crippen molar-refractivity contribution in [3.05, 3.63) is 81.6 Å². The van der Waals surface area contributed by atoms with Crippen LogP contribution in [0.25, 0.3) is 16.0 Å². The van der Waals surface area contributed by atoms with Crippen molar-refractivity contribution in [1.29, 1.82) is 5.26 Å². The van der Waals surface area contributed by atoms with E-state index >= 15 is 0 Å². The van der Waals surface area contributed by atoms with Gasteiger partial charge in [0.05, 0.1) is 24.4 Å². The van der Waals surface area contributed by atoms with Crippen LogP contribution >= 0.6 is 34.7 Å². The number of nitrogen functional groups attached to an aromatic ring is 1. The summed E-state index contributed by atoms with van der Waals surface area (Å²) in [5.41, 5.74) is 9.39. The van der Waals surface area contributed by atoms with Gasteiger partial charge in [-0.25, -0.2) is 14.8 Å². The first kappa shape index (κ1) is 28.7. The van der Waals surface area contributed by atoms with Gasteiger partial charge < -0.3 is 25.3 Å². The number of nitrogens with one attached hydrogen (secondary N) is 1. The van der Waals surface area contributed by atoms with Crippen molar-refractivity contribution >= 4 is 57.0 Å². The summed E-state index contributed by atoms with van der Waals surface area (Å²) >= 11 is 8.88. The first-order valence-corrected chi connectivity index (χ1v) is 14.7. The molecule has 1 aliphatic rings. The number of ether oxygens (including phenoxy) is 3. The zero-order valence-corrected chi connectivity index (χ0v) is 24.6. The van der Waals surface area contributed by atoms with E-state index in [0.717, 1.165) is 16.5 Å². The van der Waals surface area contributed by atoms with E-state index in [4.69, 9.17) is 38.1 Å². The highest BCUT2D eigenvalue weighted by Crippen LogP contribution is 2.42. The lowest BCUT2D eigenvalue weighted by molar-refractivity contribution is -0.141. The van der Waals surface area contributed by atoms with Gasteiger partial charge in [-0.05, 0) is 49.7 Å². The molecule has 1 atom stereocenters. The van der Waals surface area contributed by atoms with E-state index in [9.17, 15) is 5.26 Å². The number of thioether (sulfide) groups is 1. The lowest BCUT2D eigenvalue weighted by Gasteiger charge is -2.17. The Hall–Kier alpha value is -3.84. The zero-order valence-electron chi connectivity index (χ0n) is 22.2. The minimum Gasteiger partial charge on any atom is -0.491 e. The molecule has 0 aliphatic carbocycles. The van der Waals surface area contributed by atoms with Crippen LogP contribution in [-0.4, -0.2) is 35.1 Å². The summed E-state index contributed by atoms with van der Waals surface area (Å²) in [5.74, 6) is 0.544. The van der Waals surface area contributed by atoms with Gasteiger partial charge in [-0.2, -0.15) is 5.26 Å². The molecule has 208 valence electrons. The summed E-state index contributed by atoms with van der Waals surface area (Å²) in [7, 11) is 0. The molecule has 2 aromatic carbocycles. The van der Waals surface area contributed by atoms with Crippen LogP contribution in [0.15, 0.2) is 58.9 Å². The van der Waals surface area contributed by atoms with Crippen molar-refractivity contribution in [2.75, 3.05) is 24.3 Å². The molecule has 1 aliphatic heterocycles. The van der Waals surface area contributed by atoms with Gasteiger partial charge in [0.2, 0.25) is 5.69 Å². The number of aromatic nitrogens is 2. The van der Waals surface area contributed by atoms with Crippen LogP contribution < -0.4 is 15.8 Å². The SMILES string of the molecule is [C-]#[N+]c1c(N)nc(SCc2csc(Nc3cccc(Cl)c3)n2)c(C#N)c1-c1ccc(OCC2COC(C)(C)O2)cc1. The Bertz CT molecular complexity index is 1650. The minimum absolute atomic E-state index is 0.0689. The molecule has 0 spiro atoms. The van der Waals surface area contributed by atoms with Gasteiger partial charge in [-0.3, -0.25) is 0 Å². The maximum Gasteiger partial charge on any atom is 0.236 e. The molecule has 0 bridgehead atoms. The quantitative estimate of drug-likeness (QED) is 0.148. The zero-order chi connectivity index (χ0) is 29.0. The molecule has 3 heterocycles. The van der Waals surface area contributed by atoms with Crippen LogP contribution in [0.3, 0.4) is 0 Å². The predicted molar refractivity (Wildman–Crippen MR) is 162 cm³/mol. The molecular weight excluding hydrogens is 580 g/mol. The summed E-state index contributed by atoms with van der Waals surface area (Å²) in [4.78, 5) is 12.6. The number of nitriles is 1. The minimum atomic E-state index is -0.617. The van der Waals surface area contributed by atoms with Crippen molar-refractivity contribution in [2.45, 2.75) is 36.5 Å². The normalized spacial score (nSPS) is 15.7. The highest BCUT2D eigenvalue weighted by atomic mass is 35.5. The van der Waals surface area contributed by atoms with Gasteiger partial charge in [0.25, 0.3) is 0 Å². The van der Waals surface area contributed by atoms with Gasteiger partial charge in [-0.1, -0.05) is 41.6 Å². The van der Waals surface area contributed by atoms with Crippen molar-refractivity contribution in [2.24, 2.45) is 0 Å². The Morgan fingerprint density at radius 3 is 2.78 bits per heavy atom. The highest BCUT2D eigenvalue weighted by molar-refractivity contribution is 7.98. The second-order valence-corrected chi connectivity index (χ2v) is 11.7. The molecule has 1 saturated heterocycles. The fraction of sp³-hybridized carbons (Fsp3) is 0.241. The number of hydrogen-bond acceptors (Lipinski definition) is 10. The molecule has 41 heavy (non-hydrogen) atoms. The van der Waals surface area contributed by atoms with Crippen LogP contribution in [0.4, 0.5) is 22.3 Å². The average Bonchev–Trinajstić information content (AvgIpc) is 3.55. The molecule has 1 unspecified atom stereocenters. The first-order valence-electron chi connectivity index (χ1n) is 12.5. The first-order chi connectivity index (χ1) is 19.7. The average molecular weight is 605 g/mol. The van der Waals surface area contributed by atoms with Gasteiger partial charge in [-0.15, -0.1) is 11.3 Å². The number of nitrogens with two attached hydrogens (primary N) is 1. The predicted octanol–water partition coefficient (Wildman–Crippen LogP) is 7.43.